The minimum atomic E-state index is -0.443. The number of rotatable bonds is 9. The summed E-state index contributed by atoms with van der Waals surface area (Å²) in [7, 11) is 0. The third-order valence-electron chi connectivity index (χ3n) is 3.48. The molecule has 0 saturated heterocycles. The Morgan fingerprint density at radius 1 is 1.17 bits per heavy atom. The molecule has 1 unspecified atom stereocenters. The number of furan rings is 1. The van der Waals surface area contributed by atoms with E-state index in [-0.39, 0.29) is 12.4 Å². The molecule has 0 aliphatic carbocycles. The van der Waals surface area contributed by atoms with Crippen LogP contribution < -0.4 is 5.32 Å². The Morgan fingerprint density at radius 2 is 1.91 bits per heavy atom. The van der Waals surface area contributed by atoms with E-state index in [0.717, 1.165) is 55.4 Å². The molecule has 0 aliphatic rings. The van der Waals surface area contributed by atoms with Gasteiger partial charge in [0.05, 0.1) is 12.6 Å². The van der Waals surface area contributed by atoms with Gasteiger partial charge in [-0.2, -0.15) is 0 Å². The third-order valence-corrected chi connectivity index (χ3v) is 3.48. The number of halogens is 1. The molecule has 1 aromatic heterocycles. The van der Waals surface area contributed by atoms with Crippen LogP contribution in [0.15, 0.2) is 40.8 Å². The lowest BCUT2D eigenvalue weighted by Gasteiger charge is -2.05. The van der Waals surface area contributed by atoms with Crippen LogP contribution in [0, 0.1) is 0 Å². The third kappa shape index (κ3) is 6.36. The number of hydrogen-bond acceptors (Lipinski definition) is 4. The summed E-state index contributed by atoms with van der Waals surface area (Å²) in [6, 6.07) is 11.8. The Hall–Kier alpha value is -1.33. The van der Waals surface area contributed by atoms with Crippen LogP contribution in [0.25, 0.3) is 11.3 Å². The number of aliphatic hydroxyl groups excluding tert-OH is 1. The first-order chi connectivity index (χ1) is 10.7. The Morgan fingerprint density at radius 3 is 2.57 bits per heavy atom. The van der Waals surface area contributed by atoms with Crippen molar-refractivity contribution in [1.82, 2.24) is 5.32 Å². The van der Waals surface area contributed by atoms with Crippen LogP contribution in [0.5, 0.6) is 0 Å². The fraction of sp³-hybridized carbons (Fsp3) is 0.444. The van der Waals surface area contributed by atoms with Gasteiger partial charge in [0.1, 0.15) is 11.5 Å². The zero-order valence-electron chi connectivity index (χ0n) is 13.7. The van der Waals surface area contributed by atoms with Crippen molar-refractivity contribution in [3.63, 3.8) is 0 Å². The van der Waals surface area contributed by atoms with Gasteiger partial charge in [0.2, 0.25) is 0 Å². The summed E-state index contributed by atoms with van der Waals surface area (Å²) in [4.78, 5) is 0. The van der Waals surface area contributed by atoms with Crippen molar-refractivity contribution in [3.8, 4) is 11.3 Å². The Kier molecular flexibility index (Phi) is 8.95. The van der Waals surface area contributed by atoms with E-state index in [1.54, 1.807) is 6.92 Å². The molecule has 0 radical (unpaired) electrons. The molecule has 0 bridgehead atoms. The first-order valence-corrected chi connectivity index (χ1v) is 7.86. The maximum absolute atomic E-state index is 9.52. The van der Waals surface area contributed by atoms with Crippen molar-refractivity contribution in [2.45, 2.75) is 32.9 Å². The molecule has 128 valence electrons. The van der Waals surface area contributed by atoms with Crippen molar-refractivity contribution < 1.29 is 14.3 Å². The number of ether oxygens (including phenoxy) is 1. The number of aliphatic hydroxyl groups is 1. The minimum absolute atomic E-state index is 0. The first kappa shape index (κ1) is 19.7. The summed E-state index contributed by atoms with van der Waals surface area (Å²) >= 11 is 0. The van der Waals surface area contributed by atoms with E-state index >= 15 is 0 Å². The zero-order chi connectivity index (χ0) is 15.8. The monoisotopic (exact) mass is 339 g/mol. The second-order valence-electron chi connectivity index (χ2n) is 5.29. The van der Waals surface area contributed by atoms with Crippen molar-refractivity contribution in [1.29, 1.82) is 0 Å². The van der Waals surface area contributed by atoms with Crippen LogP contribution >= 0.6 is 12.4 Å². The summed E-state index contributed by atoms with van der Waals surface area (Å²) in [5, 5.41) is 12.9. The van der Waals surface area contributed by atoms with E-state index < -0.39 is 6.10 Å². The molecule has 1 heterocycles. The van der Waals surface area contributed by atoms with Crippen molar-refractivity contribution in [2.75, 3.05) is 19.8 Å². The number of hydrogen-bond donors (Lipinski definition) is 2. The van der Waals surface area contributed by atoms with Gasteiger partial charge in [-0.3, -0.25) is 0 Å². The fourth-order valence-corrected chi connectivity index (χ4v) is 2.21. The summed E-state index contributed by atoms with van der Waals surface area (Å²) in [5.41, 5.74) is 1.93. The lowest BCUT2D eigenvalue weighted by atomic mass is 10.1. The molecule has 4 nitrogen and oxygen atoms in total. The second kappa shape index (κ2) is 10.4. The molecule has 2 aromatic rings. The van der Waals surface area contributed by atoms with Gasteiger partial charge in [0.25, 0.3) is 0 Å². The molecular weight excluding hydrogens is 314 g/mol. The smallest absolute Gasteiger partial charge is 0.134 e. The maximum atomic E-state index is 9.52. The molecule has 0 amide bonds. The van der Waals surface area contributed by atoms with Gasteiger partial charge in [-0.1, -0.05) is 24.3 Å². The molecule has 0 saturated carbocycles. The highest BCUT2D eigenvalue weighted by Gasteiger charge is 2.06. The predicted molar refractivity (Wildman–Crippen MR) is 94.8 cm³/mol. The molecule has 1 atom stereocenters. The van der Waals surface area contributed by atoms with Gasteiger partial charge >= 0.3 is 0 Å². The van der Waals surface area contributed by atoms with E-state index in [1.165, 1.54) is 0 Å². The molecule has 1 aromatic carbocycles. The van der Waals surface area contributed by atoms with Crippen LogP contribution in [0.2, 0.25) is 0 Å². The molecule has 0 fully saturated rings. The SMILES string of the molecule is CCOCCCNCc1ccc(-c2ccc(C(C)O)cc2)o1.Cl. The largest absolute Gasteiger partial charge is 0.460 e. The summed E-state index contributed by atoms with van der Waals surface area (Å²) in [5.74, 6) is 1.77. The Balaban J connectivity index is 0.00000264. The quantitative estimate of drug-likeness (QED) is 0.679. The van der Waals surface area contributed by atoms with Crippen molar-refractivity contribution in [3.05, 3.63) is 47.7 Å². The molecule has 23 heavy (non-hydrogen) atoms. The average Bonchev–Trinajstić information content (AvgIpc) is 3.00. The zero-order valence-corrected chi connectivity index (χ0v) is 14.6. The van der Waals surface area contributed by atoms with Crippen molar-refractivity contribution >= 4 is 12.4 Å². The normalized spacial score (nSPS) is 12.0. The molecule has 0 aliphatic heterocycles. The molecule has 2 N–H and O–H groups in total. The molecule has 0 spiro atoms. The highest BCUT2D eigenvalue weighted by molar-refractivity contribution is 5.85. The van der Waals surface area contributed by atoms with E-state index in [2.05, 4.69) is 5.32 Å². The van der Waals surface area contributed by atoms with Gasteiger partial charge < -0.3 is 19.6 Å². The van der Waals surface area contributed by atoms with Gasteiger partial charge in [0, 0.05) is 18.8 Å². The summed E-state index contributed by atoms with van der Waals surface area (Å²) in [6.45, 7) is 6.97. The van der Waals surface area contributed by atoms with Gasteiger partial charge in [-0.05, 0) is 44.5 Å². The first-order valence-electron chi connectivity index (χ1n) is 7.86. The molecular formula is C18H26ClNO3. The topological polar surface area (TPSA) is 54.6 Å². The van der Waals surface area contributed by atoms with Crippen LogP contribution in [0.3, 0.4) is 0 Å². The standard InChI is InChI=1S/C18H25NO3.ClH/c1-3-21-12-4-11-19-13-17-9-10-18(22-17)16-7-5-15(6-8-16)14(2)20;/h5-10,14,19-20H,3-4,11-13H2,1-2H3;1H. The average molecular weight is 340 g/mol. The minimum Gasteiger partial charge on any atom is -0.460 e. The number of benzene rings is 1. The summed E-state index contributed by atoms with van der Waals surface area (Å²) < 4.78 is 11.1. The van der Waals surface area contributed by atoms with Crippen LogP contribution in [-0.4, -0.2) is 24.9 Å². The molecule has 2 rings (SSSR count). The van der Waals surface area contributed by atoms with Crippen molar-refractivity contribution in [2.24, 2.45) is 0 Å². The lowest BCUT2D eigenvalue weighted by molar-refractivity contribution is 0.144. The molecule has 5 heteroatoms. The maximum Gasteiger partial charge on any atom is 0.134 e. The summed E-state index contributed by atoms with van der Waals surface area (Å²) in [6.07, 6.45) is 0.560. The van der Waals surface area contributed by atoms with E-state index in [4.69, 9.17) is 9.15 Å². The van der Waals surface area contributed by atoms with E-state index in [9.17, 15) is 5.11 Å². The Labute approximate surface area is 144 Å². The van der Waals surface area contributed by atoms with Gasteiger partial charge in [0.15, 0.2) is 0 Å². The lowest BCUT2D eigenvalue weighted by Crippen LogP contribution is -2.15. The highest BCUT2D eigenvalue weighted by Crippen LogP contribution is 2.24. The number of nitrogens with one attached hydrogen (secondary N) is 1. The fourth-order valence-electron chi connectivity index (χ4n) is 2.21. The highest BCUT2D eigenvalue weighted by atomic mass is 35.5. The Bertz CT molecular complexity index is 552. The van der Waals surface area contributed by atoms with Gasteiger partial charge in [-0.15, -0.1) is 12.4 Å². The predicted octanol–water partition coefficient (Wildman–Crippen LogP) is 3.94. The van der Waals surface area contributed by atoms with Crippen LogP contribution in [-0.2, 0) is 11.3 Å². The van der Waals surface area contributed by atoms with E-state index in [0.29, 0.717) is 0 Å². The van der Waals surface area contributed by atoms with Gasteiger partial charge in [-0.25, -0.2) is 0 Å². The van der Waals surface area contributed by atoms with Crippen LogP contribution in [0.1, 0.15) is 37.7 Å². The van der Waals surface area contributed by atoms with Crippen LogP contribution in [0.4, 0.5) is 0 Å². The second-order valence-corrected chi connectivity index (χ2v) is 5.29. The van der Waals surface area contributed by atoms with E-state index in [1.807, 2.05) is 43.3 Å².